The number of carbonyl (C=O) groups is 2. The van der Waals surface area contributed by atoms with Crippen LogP contribution in [0.25, 0.3) is 0 Å². The van der Waals surface area contributed by atoms with E-state index in [2.05, 4.69) is 29.1 Å². The summed E-state index contributed by atoms with van der Waals surface area (Å²) in [4.78, 5) is 34.9. The fourth-order valence-corrected chi connectivity index (χ4v) is 3.24. The highest BCUT2D eigenvalue weighted by atomic mass is 32.2. The standard InChI is InChI=1S/C17H26N4O2S/c1-11(2)7-16-18-8-13-9-21(10-15(13)20-16)17(23)14(5-6-24-4)19-12(3)22/h8,11,14H,5-7,9-10H2,1-4H3,(H,19,22)/t14-/m0/s1. The third-order valence-electron chi connectivity index (χ3n) is 3.89. The molecule has 24 heavy (non-hydrogen) atoms. The van der Waals surface area contributed by atoms with Gasteiger partial charge in [0.15, 0.2) is 0 Å². The van der Waals surface area contributed by atoms with Crippen LogP contribution in [0.15, 0.2) is 6.20 Å². The number of fused-ring (bicyclic) bond motifs is 1. The van der Waals surface area contributed by atoms with Gasteiger partial charge in [0.05, 0.1) is 12.2 Å². The Hall–Kier alpha value is -1.63. The summed E-state index contributed by atoms with van der Waals surface area (Å²) in [6, 6.07) is -0.465. The number of nitrogens with one attached hydrogen (secondary N) is 1. The first kappa shape index (κ1) is 18.7. The number of nitrogens with zero attached hydrogens (tertiary/aromatic N) is 3. The van der Waals surface area contributed by atoms with Gasteiger partial charge in [0.25, 0.3) is 0 Å². The van der Waals surface area contributed by atoms with Gasteiger partial charge in [0.1, 0.15) is 11.9 Å². The van der Waals surface area contributed by atoms with Crippen LogP contribution in [-0.4, -0.2) is 44.7 Å². The fourth-order valence-electron chi connectivity index (χ4n) is 2.77. The van der Waals surface area contributed by atoms with Crippen LogP contribution in [0.5, 0.6) is 0 Å². The maximum atomic E-state index is 12.8. The third kappa shape index (κ3) is 4.93. The summed E-state index contributed by atoms with van der Waals surface area (Å²) < 4.78 is 0. The molecule has 0 aliphatic carbocycles. The fraction of sp³-hybridized carbons (Fsp3) is 0.647. The second-order valence-corrected chi connectivity index (χ2v) is 7.57. The van der Waals surface area contributed by atoms with Crippen molar-refractivity contribution in [3.05, 3.63) is 23.3 Å². The van der Waals surface area contributed by atoms with Crippen molar-refractivity contribution in [2.75, 3.05) is 12.0 Å². The first-order valence-electron chi connectivity index (χ1n) is 8.29. The largest absolute Gasteiger partial charge is 0.345 e. The van der Waals surface area contributed by atoms with Gasteiger partial charge in [-0.3, -0.25) is 9.59 Å². The zero-order valence-corrected chi connectivity index (χ0v) is 15.7. The Balaban J connectivity index is 2.06. The average Bonchev–Trinajstić information content (AvgIpc) is 2.93. The van der Waals surface area contributed by atoms with Gasteiger partial charge in [0.2, 0.25) is 11.8 Å². The normalized spacial score (nSPS) is 14.6. The lowest BCUT2D eigenvalue weighted by Crippen LogP contribution is -2.46. The summed E-state index contributed by atoms with van der Waals surface area (Å²) in [6.45, 7) is 6.73. The molecule has 132 valence electrons. The predicted molar refractivity (Wildman–Crippen MR) is 95.4 cm³/mol. The van der Waals surface area contributed by atoms with E-state index in [-0.39, 0.29) is 11.8 Å². The van der Waals surface area contributed by atoms with Gasteiger partial charge < -0.3 is 10.2 Å². The molecule has 0 saturated carbocycles. The second kappa shape index (κ2) is 8.46. The monoisotopic (exact) mass is 350 g/mol. The molecule has 6 nitrogen and oxygen atoms in total. The molecule has 2 amide bonds. The molecule has 1 aliphatic heterocycles. The molecule has 0 spiro atoms. The SMILES string of the molecule is CSCC[C@H](NC(C)=O)C(=O)N1Cc2cnc(CC(C)C)nc2C1. The highest BCUT2D eigenvalue weighted by molar-refractivity contribution is 7.98. The van der Waals surface area contributed by atoms with Crippen LogP contribution in [0.2, 0.25) is 0 Å². The molecular weight excluding hydrogens is 324 g/mol. The molecule has 0 radical (unpaired) electrons. The predicted octanol–water partition coefficient (Wildman–Crippen LogP) is 1.78. The van der Waals surface area contributed by atoms with E-state index in [1.54, 1.807) is 16.7 Å². The quantitative estimate of drug-likeness (QED) is 0.811. The molecule has 1 aromatic rings. The number of carbonyl (C=O) groups excluding carboxylic acids is 2. The molecule has 1 N–H and O–H groups in total. The molecule has 0 saturated heterocycles. The lowest BCUT2D eigenvalue weighted by Gasteiger charge is -2.23. The van der Waals surface area contributed by atoms with E-state index < -0.39 is 6.04 Å². The van der Waals surface area contributed by atoms with Crippen LogP contribution >= 0.6 is 11.8 Å². The number of amides is 2. The van der Waals surface area contributed by atoms with Crippen molar-refractivity contribution in [1.29, 1.82) is 0 Å². The van der Waals surface area contributed by atoms with Crippen molar-refractivity contribution in [3.63, 3.8) is 0 Å². The van der Waals surface area contributed by atoms with Crippen molar-refractivity contribution in [3.8, 4) is 0 Å². The van der Waals surface area contributed by atoms with Gasteiger partial charge in [-0.05, 0) is 24.3 Å². The van der Waals surface area contributed by atoms with Gasteiger partial charge in [-0.25, -0.2) is 9.97 Å². The van der Waals surface area contributed by atoms with Crippen molar-refractivity contribution in [1.82, 2.24) is 20.2 Å². The molecule has 1 aliphatic rings. The minimum atomic E-state index is -0.465. The summed E-state index contributed by atoms with van der Waals surface area (Å²) in [6.07, 6.45) is 5.30. The van der Waals surface area contributed by atoms with Crippen LogP contribution in [0.1, 0.15) is 44.3 Å². The minimum absolute atomic E-state index is 0.0392. The number of hydrogen-bond donors (Lipinski definition) is 1. The van der Waals surface area contributed by atoms with Crippen molar-refractivity contribution >= 4 is 23.6 Å². The van der Waals surface area contributed by atoms with Crippen molar-refractivity contribution in [2.45, 2.75) is 52.7 Å². The average molecular weight is 350 g/mol. The molecule has 2 heterocycles. The maximum Gasteiger partial charge on any atom is 0.245 e. The molecular formula is C17H26N4O2S. The zero-order chi connectivity index (χ0) is 17.7. The van der Waals surface area contributed by atoms with Crippen LogP contribution in [0, 0.1) is 5.92 Å². The molecule has 7 heteroatoms. The topological polar surface area (TPSA) is 75.2 Å². The summed E-state index contributed by atoms with van der Waals surface area (Å²) in [5.41, 5.74) is 1.93. The third-order valence-corrected chi connectivity index (χ3v) is 4.54. The maximum absolute atomic E-state index is 12.8. The van der Waals surface area contributed by atoms with E-state index >= 15 is 0 Å². The van der Waals surface area contributed by atoms with E-state index in [1.165, 1.54) is 6.92 Å². The van der Waals surface area contributed by atoms with Crippen molar-refractivity contribution < 1.29 is 9.59 Å². The molecule has 0 fully saturated rings. The van der Waals surface area contributed by atoms with Crippen molar-refractivity contribution in [2.24, 2.45) is 5.92 Å². The summed E-state index contributed by atoms with van der Waals surface area (Å²) >= 11 is 1.67. The van der Waals surface area contributed by atoms with E-state index in [9.17, 15) is 9.59 Å². The highest BCUT2D eigenvalue weighted by Gasteiger charge is 2.30. The molecule has 1 atom stereocenters. The number of hydrogen-bond acceptors (Lipinski definition) is 5. The summed E-state index contributed by atoms with van der Waals surface area (Å²) in [7, 11) is 0. The smallest absolute Gasteiger partial charge is 0.245 e. The lowest BCUT2D eigenvalue weighted by molar-refractivity contribution is -0.136. The minimum Gasteiger partial charge on any atom is -0.345 e. The second-order valence-electron chi connectivity index (χ2n) is 6.59. The summed E-state index contributed by atoms with van der Waals surface area (Å²) in [5.74, 6) is 1.94. The molecule has 1 aromatic heterocycles. The Labute approximate surface area is 147 Å². The van der Waals surface area contributed by atoms with Gasteiger partial charge in [0, 0.05) is 31.6 Å². The Morgan fingerprint density at radius 1 is 1.38 bits per heavy atom. The summed E-state index contributed by atoms with van der Waals surface area (Å²) in [5, 5.41) is 2.78. The Kier molecular flexibility index (Phi) is 6.60. The molecule has 2 rings (SSSR count). The number of thioether (sulfide) groups is 1. The van der Waals surface area contributed by atoms with Gasteiger partial charge in [-0.1, -0.05) is 13.8 Å². The first-order valence-corrected chi connectivity index (χ1v) is 9.68. The number of rotatable bonds is 7. The van der Waals surface area contributed by atoms with Crippen LogP contribution in [-0.2, 0) is 29.1 Å². The molecule has 0 bridgehead atoms. The van der Waals surface area contributed by atoms with Gasteiger partial charge >= 0.3 is 0 Å². The highest BCUT2D eigenvalue weighted by Crippen LogP contribution is 2.22. The zero-order valence-electron chi connectivity index (χ0n) is 14.8. The van der Waals surface area contributed by atoms with E-state index in [1.807, 2.05) is 12.5 Å². The Bertz CT molecular complexity index is 606. The molecule has 0 aromatic carbocycles. The van der Waals surface area contributed by atoms with E-state index in [0.717, 1.165) is 29.3 Å². The van der Waals surface area contributed by atoms with E-state index in [0.29, 0.717) is 25.4 Å². The van der Waals surface area contributed by atoms with Crippen LogP contribution < -0.4 is 5.32 Å². The van der Waals surface area contributed by atoms with Gasteiger partial charge in [-0.2, -0.15) is 11.8 Å². The van der Waals surface area contributed by atoms with Crippen LogP contribution in [0.3, 0.4) is 0 Å². The first-order chi connectivity index (χ1) is 11.4. The van der Waals surface area contributed by atoms with Gasteiger partial charge in [-0.15, -0.1) is 0 Å². The van der Waals surface area contributed by atoms with Crippen LogP contribution in [0.4, 0.5) is 0 Å². The van der Waals surface area contributed by atoms with E-state index in [4.69, 9.17) is 0 Å². The lowest BCUT2D eigenvalue weighted by atomic mass is 10.1. The Morgan fingerprint density at radius 2 is 2.12 bits per heavy atom. The number of aromatic nitrogens is 2. The Morgan fingerprint density at radius 3 is 2.75 bits per heavy atom. The molecule has 0 unspecified atom stereocenters.